The molecule has 0 spiro atoms. The highest BCUT2D eigenvalue weighted by Gasteiger charge is 2.28. The summed E-state index contributed by atoms with van der Waals surface area (Å²) in [6.07, 6.45) is -4.91. The molecule has 1 rings (SSSR count). The third-order valence-corrected chi connectivity index (χ3v) is 2.94. The van der Waals surface area contributed by atoms with Crippen LogP contribution in [0, 0.1) is 13.8 Å². The van der Waals surface area contributed by atoms with Gasteiger partial charge < -0.3 is 9.84 Å². The maximum absolute atomic E-state index is 12.1. The van der Waals surface area contributed by atoms with Crippen molar-refractivity contribution in [3.8, 4) is 5.75 Å². The summed E-state index contributed by atoms with van der Waals surface area (Å²) in [5.74, 6) is 0.660. The second-order valence-corrected chi connectivity index (χ2v) is 4.56. The van der Waals surface area contributed by atoms with Crippen LogP contribution in [0.25, 0.3) is 0 Å². The van der Waals surface area contributed by atoms with Gasteiger partial charge in [0.05, 0.1) is 13.2 Å². The van der Waals surface area contributed by atoms with Crippen LogP contribution in [0.4, 0.5) is 13.2 Å². The molecule has 1 heterocycles. The normalized spacial score (nSPS) is 13.4. The summed E-state index contributed by atoms with van der Waals surface area (Å²) in [4.78, 5) is 4.15. The van der Waals surface area contributed by atoms with Crippen molar-refractivity contribution < 1.29 is 23.0 Å². The number of hydrogen-bond donors (Lipinski definition) is 1. The Balaban J connectivity index is 2.72. The van der Waals surface area contributed by atoms with Crippen LogP contribution in [-0.4, -0.2) is 29.5 Å². The van der Waals surface area contributed by atoms with Crippen molar-refractivity contribution in [3.63, 3.8) is 0 Å². The highest BCUT2D eigenvalue weighted by molar-refractivity contribution is 5.41. The molecule has 0 saturated carbocycles. The fraction of sp³-hybridized carbons (Fsp3) is 0.615. The Kier molecular flexibility index (Phi) is 5.17. The van der Waals surface area contributed by atoms with Gasteiger partial charge in [0.1, 0.15) is 5.75 Å². The lowest BCUT2D eigenvalue weighted by Gasteiger charge is -2.15. The fourth-order valence-electron chi connectivity index (χ4n) is 1.93. The van der Waals surface area contributed by atoms with Gasteiger partial charge in [-0.2, -0.15) is 13.2 Å². The molecule has 1 unspecified atom stereocenters. The molecule has 0 saturated heterocycles. The third-order valence-electron chi connectivity index (χ3n) is 2.94. The molecule has 19 heavy (non-hydrogen) atoms. The van der Waals surface area contributed by atoms with Gasteiger partial charge in [-0.05, 0) is 20.3 Å². The number of aliphatic hydroxyl groups is 1. The Morgan fingerprint density at radius 2 is 2.00 bits per heavy atom. The topological polar surface area (TPSA) is 42.4 Å². The summed E-state index contributed by atoms with van der Waals surface area (Å²) in [6.45, 7) is 3.62. The zero-order chi connectivity index (χ0) is 14.6. The molecule has 0 fully saturated rings. The van der Waals surface area contributed by atoms with Crippen LogP contribution < -0.4 is 4.74 Å². The number of rotatable bonds is 5. The molecule has 0 aliphatic rings. The number of aliphatic hydroxyl groups excluding tert-OH is 1. The van der Waals surface area contributed by atoms with E-state index >= 15 is 0 Å². The molecule has 0 aromatic carbocycles. The van der Waals surface area contributed by atoms with E-state index in [1.54, 1.807) is 13.1 Å². The molecule has 1 atom stereocenters. The monoisotopic (exact) mass is 277 g/mol. The van der Waals surface area contributed by atoms with Crippen LogP contribution in [0.2, 0.25) is 0 Å². The molecule has 3 nitrogen and oxygen atoms in total. The first-order chi connectivity index (χ1) is 8.74. The predicted molar refractivity (Wildman–Crippen MR) is 65.3 cm³/mol. The summed E-state index contributed by atoms with van der Waals surface area (Å²) < 4.78 is 41.4. The zero-order valence-electron chi connectivity index (χ0n) is 11.2. The van der Waals surface area contributed by atoms with Crippen molar-refractivity contribution >= 4 is 0 Å². The standard InChI is InChI=1S/C13H18F3NO2/c1-8-7-17-11(9(2)12(8)19-3)6-10(18)4-5-13(14,15)16/h7,10,18H,4-6H2,1-3H3. The Bertz CT molecular complexity index is 433. The predicted octanol–water partition coefficient (Wildman–Crippen LogP) is 2.95. The van der Waals surface area contributed by atoms with E-state index in [2.05, 4.69) is 4.98 Å². The highest BCUT2D eigenvalue weighted by Crippen LogP contribution is 2.26. The molecule has 0 aliphatic carbocycles. The van der Waals surface area contributed by atoms with Crippen LogP contribution in [0.1, 0.15) is 29.7 Å². The number of halogens is 3. The molecular formula is C13H18F3NO2. The lowest BCUT2D eigenvalue weighted by atomic mass is 10.0. The minimum absolute atomic E-state index is 0.0958. The summed E-state index contributed by atoms with van der Waals surface area (Å²) in [5, 5.41) is 9.64. The number of pyridine rings is 1. The van der Waals surface area contributed by atoms with Gasteiger partial charge in [0.2, 0.25) is 0 Å². The Labute approximate surface area is 110 Å². The molecule has 6 heteroatoms. The van der Waals surface area contributed by atoms with Crippen molar-refractivity contribution in [1.29, 1.82) is 0 Å². The average molecular weight is 277 g/mol. The molecule has 1 aromatic heterocycles. The SMILES string of the molecule is COc1c(C)cnc(CC(O)CCC(F)(F)F)c1C. The molecule has 108 valence electrons. The van der Waals surface area contributed by atoms with E-state index in [0.717, 1.165) is 11.1 Å². The van der Waals surface area contributed by atoms with Gasteiger partial charge in [-0.1, -0.05) is 0 Å². The van der Waals surface area contributed by atoms with Crippen LogP contribution in [-0.2, 0) is 6.42 Å². The molecule has 1 N–H and O–H groups in total. The van der Waals surface area contributed by atoms with Gasteiger partial charge in [-0.25, -0.2) is 0 Å². The Hall–Kier alpha value is -1.30. The number of nitrogens with zero attached hydrogens (tertiary/aromatic N) is 1. The zero-order valence-corrected chi connectivity index (χ0v) is 11.2. The molecule has 0 amide bonds. The molecular weight excluding hydrogens is 259 g/mol. The van der Waals surface area contributed by atoms with Gasteiger partial charge in [0.15, 0.2) is 0 Å². The first-order valence-electron chi connectivity index (χ1n) is 5.98. The minimum atomic E-state index is -4.24. The maximum atomic E-state index is 12.1. The summed E-state index contributed by atoms with van der Waals surface area (Å²) in [6, 6.07) is 0. The first kappa shape index (κ1) is 15.8. The van der Waals surface area contributed by atoms with E-state index in [0.29, 0.717) is 11.4 Å². The molecule has 0 radical (unpaired) electrons. The highest BCUT2D eigenvalue weighted by atomic mass is 19.4. The lowest BCUT2D eigenvalue weighted by molar-refractivity contribution is -0.139. The van der Waals surface area contributed by atoms with Gasteiger partial charge in [-0.15, -0.1) is 0 Å². The summed E-state index contributed by atoms with van der Waals surface area (Å²) in [5.41, 5.74) is 2.18. The lowest BCUT2D eigenvalue weighted by Crippen LogP contribution is -2.17. The van der Waals surface area contributed by atoms with Crippen molar-refractivity contribution in [1.82, 2.24) is 4.98 Å². The number of aryl methyl sites for hydroxylation is 1. The van der Waals surface area contributed by atoms with Crippen LogP contribution in [0.3, 0.4) is 0 Å². The van der Waals surface area contributed by atoms with Gasteiger partial charge in [0, 0.05) is 35.9 Å². The van der Waals surface area contributed by atoms with Gasteiger partial charge >= 0.3 is 6.18 Å². The van der Waals surface area contributed by atoms with E-state index in [-0.39, 0.29) is 12.8 Å². The number of ether oxygens (including phenoxy) is 1. The van der Waals surface area contributed by atoms with E-state index in [9.17, 15) is 18.3 Å². The maximum Gasteiger partial charge on any atom is 0.389 e. The summed E-state index contributed by atoms with van der Waals surface area (Å²) >= 11 is 0. The van der Waals surface area contributed by atoms with Crippen molar-refractivity contribution in [3.05, 3.63) is 23.0 Å². The van der Waals surface area contributed by atoms with Crippen LogP contribution in [0.15, 0.2) is 6.20 Å². The second kappa shape index (κ2) is 6.23. The fourth-order valence-corrected chi connectivity index (χ4v) is 1.93. The minimum Gasteiger partial charge on any atom is -0.496 e. The van der Waals surface area contributed by atoms with Crippen molar-refractivity contribution in [2.24, 2.45) is 0 Å². The number of methoxy groups -OCH3 is 1. The van der Waals surface area contributed by atoms with Crippen LogP contribution >= 0.6 is 0 Å². The van der Waals surface area contributed by atoms with Gasteiger partial charge in [-0.3, -0.25) is 4.98 Å². The molecule has 0 aliphatic heterocycles. The van der Waals surface area contributed by atoms with Gasteiger partial charge in [0.25, 0.3) is 0 Å². The Morgan fingerprint density at radius 3 is 2.53 bits per heavy atom. The summed E-state index contributed by atoms with van der Waals surface area (Å²) in [7, 11) is 1.53. The largest absolute Gasteiger partial charge is 0.496 e. The number of aromatic nitrogens is 1. The van der Waals surface area contributed by atoms with Crippen molar-refractivity contribution in [2.75, 3.05) is 7.11 Å². The smallest absolute Gasteiger partial charge is 0.389 e. The number of alkyl halides is 3. The third kappa shape index (κ3) is 4.70. The molecule has 0 bridgehead atoms. The molecule has 1 aromatic rings. The quantitative estimate of drug-likeness (QED) is 0.899. The van der Waals surface area contributed by atoms with E-state index < -0.39 is 18.7 Å². The second-order valence-electron chi connectivity index (χ2n) is 4.56. The van der Waals surface area contributed by atoms with E-state index in [4.69, 9.17) is 4.74 Å². The Morgan fingerprint density at radius 1 is 1.37 bits per heavy atom. The van der Waals surface area contributed by atoms with E-state index in [1.807, 2.05) is 6.92 Å². The van der Waals surface area contributed by atoms with E-state index in [1.165, 1.54) is 7.11 Å². The average Bonchev–Trinajstić information content (AvgIpc) is 2.30. The first-order valence-corrected chi connectivity index (χ1v) is 5.98. The van der Waals surface area contributed by atoms with Crippen LogP contribution in [0.5, 0.6) is 5.75 Å². The van der Waals surface area contributed by atoms with Crippen molar-refractivity contribution in [2.45, 2.75) is 45.4 Å². The number of hydrogen-bond acceptors (Lipinski definition) is 3.